The normalized spacial score (nSPS) is 21.4. The van der Waals surface area contributed by atoms with E-state index in [0.717, 1.165) is 18.7 Å². The summed E-state index contributed by atoms with van der Waals surface area (Å²) in [5.41, 5.74) is 7.08. The number of hydrogen-bond acceptors (Lipinski definition) is 4. The largest absolute Gasteiger partial charge is 0.366 e. The summed E-state index contributed by atoms with van der Waals surface area (Å²) < 4.78 is 5.52. The van der Waals surface area contributed by atoms with Gasteiger partial charge in [-0.1, -0.05) is 37.3 Å². The second-order valence-electron chi connectivity index (χ2n) is 5.01. The molecule has 1 saturated heterocycles. The molecule has 2 unspecified atom stereocenters. The van der Waals surface area contributed by atoms with Gasteiger partial charge in [0.25, 0.3) is 5.91 Å². The van der Waals surface area contributed by atoms with Gasteiger partial charge in [0, 0.05) is 25.7 Å². The van der Waals surface area contributed by atoms with Crippen molar-refractivity contribution in [3.05, 3.63) is 35.9 Å². The third kappa shape index (κ3) is 4.03. The summed E-state index contributed by atoms with van der Waals surface area (Å²) >= 11 is 0. The minimum Gasteiger partial charge on any atom is -0.366 e. The first-order valence-electron chi connectivity index (χ1n) is 7.13. The number of nitrogens with one attached hydrogen (secondary N) is 1. The van der Waals surface area contributed by atoms with Crippen molar-refractivity contribution >= 4 is 5.91 Å². The number of carbonyl (C=O) groups is 1. The molecular formula is C15H23N3O2. The highest BCUT2D eigenvalue weighted by Gasteiger charge is 2.25. The Bertz CT molecular complexity index is 424. The SMILES string of the molecule is CCN1CCOC(C(=O)NCC(N)c2ccccc2)C1. The van der Waals surface area contributed by atoms with Crippen molar-refractivity contribution in [3.8, 4) is 0 Å². The smallest absolute Gasteiger partial charge is 0.250 e. The molecule has 0 aliphatic carbocycles. The van der Waals surface area contributed by atoms with Gasteiger partial charge in [0.1, 0.15) is 6.10 Å². The van der Waals surface area contributed by atoms with Crippen LogP contribution in [0.2, 0.25) is 0 Å². The number of likely N-dealkylation sites (N-methyl/N-ethyl adjacent to an activating group) is 1. The summed E-state index contributed by atoms with van der Waals surface area (Å²) in [5.74, 6) is -0.0745. The first kappa shape index (κ1) is 15.0. The fraction of sp³-hybridized carbons (Fsp3) is 0.533. The fourth-order valence-electron chi connectivity index (χ4n) is 2.29. The number of morpholine rings is 1. The average molecular weight is 277 g/mol. The Labute approximate surface area is 120 Å². The van der Waals surface area contributed by atoms with Crippen LogP contribution >= 0.6 is 0 Å². The van der Waals surface area contributed by atoms with Crippen molar-refractivity contribution in [3.63, 3.8) is 0 Å². The standard InChI is InChI=1S/C15H23N3O2/c1-2-18-8-9-20-14(11-18)15(19)17-10-13(16)12-6-4-3-5-7-12/h3-7,13-14H,2,8-11,16H2,1H3,(H,17,19). The third-order valence-corrected chi connectivity index (χ3v) is 3.61. The molecule has 1 heterocycles. The lowest BCUT2D eigenvalue weighted by molar-refractivity contribution is -0.138. The molecule has 2 rings (SSSR count). The molecule has 0 spiro atoms. The van der Waals surface area contributed by atoms with Crippen molar-refractivity contribution < 1.29 is 9.53 Å². The maximum Gasteiger partial charge on any atom is 0.250 e. The molecule has 5 nitrogen and oxygen atoms in total. The van der Waals surface area contributed by atoms with Gasteiger partial charge in [-0.15, -0.1) is 0 Å². The average Bonchev–Trinajstić information content (AvgIpc) is 2.53. The molecule has 1 aromatic rings. The number of hydrogen-bond donors (Lipinski definition) is 2. The molecular weight excluding hydrogens is 254 g/mol. The van der Waals surface area contributed by atoms with Gasteiger partial charge in [-0.25, -0.2) is 0 Å². The van der Waals surface area contributed by atoms with Gasteiger partial charge < -0.3 is 15.8 Å². The van der Waals surface area contributed by atoms with Crippen LogP contribution in [0.3, 0.4) is 0 Å². The number of nitrogens with two attached hydrogens (primary N) is 1. The summed E-state index contributed by atoms with van der Waals surface area (Å²) in [5, 5.41) is 2.88. The van der Waals surface area contributed by atoms with Crippen LogP contribution in [0.1, 0.15) is 18.5 Å². The molecule has 5 heteroatoms. The first-order chi connectivity index (χ1) is 9.70. The van der Waals surface area contributed by atoms with Crippen LogP contribution in [0.15, 0.2) is 30.3 Å². The number of nitrogens with zero attached hydrogens (tertiary/aromatic N) is 1. The van der Waals surface area contributed by atoms with E-state index in [9.17, 15) is 4.79 Å². The van der Waals surface area contributed by atoms with Crippen molar-refractivity contribution in [2.75, 3.05) is 32.8 Å². The highest BCUT2D eigenvalue weighted by atomic mass is 16.5. The molecule has 1 amide bonds. The van der Waals surface area contributed by atoms with Crippen molar-refractivity contribution in [1.82, 2.24) is 10.2 Å². The van der Waals surface area contributed by atoms with Crippen LogP contribution in [-0.2, 0) is 9.53 Å². The lowest BCUT2D eigenvalue weighted by atomic mass is 10.1. The quantitative estimate of drug-likeness (QED) is 0.823. The summed E-state index contributed by atoms with van der Waals surface area (Å²) in [4.78, 5) is 14.3. The second-order valence-corrected chi connectivity index (χ2v) is 5.01. The molecule has 20 heavy (non-hydrogen) atoms. The Balaban J connectivity index is 1.80. The van der Waals surface area contributed by atoms with E-state index in [0.29, 0.717) is 19.7 Å². The van der Waals surface area contributed by atoms with Crippen molar-refractivity contribution in [2.45, 2.75) is 19.1 Å². The van der Waals surface area contributed by atoms with E-state index in [1.54, 1.807) is 0 Å². The second kappa shape index (κ2) is 7.38. The fourth-order valence-corrected chi connectivity index (χ4v) is 2.29. The van der Waals surface area contributed by atoms with Crippen molar-refractivity contribution in [1.29, 1.82) is 0 Å². The number of amides is 1. The van der Waals surface area contributed by atoms with Gasteiger partial charge in [-0.2, -0.15) is 0 Å². The molecule has 0 saturated carbocycles. The topological polar surface area (TPSA) is 67.6 Å². The molecule has 110 valence electrons. The Hall–Kier alpha value is -1.43. The lowest BCUT2D eigenvalue weighted by Gasteiger charge is -2.31. The van der Waals surface area contributed by atoms with Gasteiger partial charge in [-0.05, 0) is 12.1 Å². The molecule has 1 aliphatic heterocycles. The van der Waals surface area contributed by atoms with Crippen LogP contribution in [-0.4, -0.2) is 49.7 Å². The molecule has 0 bridgehead atoms. The summed E-state index contributed by atoms with van der Waals surface area (Å²) in [7, 11) is 0. The van der Waals surface area contributed by atoms with Gasteiger partial charge >= 0.3 is 0 Å². The highest BCUT2D eigenvalue weighted by Crippen LogP contribution is 2.09. The monoisotopic (exact) mass is 277 g/mol. The van der Waals surface area contributed by atoms with Crippen LogP contribution < -0.4 is 11.1 Å². The number of ether oxygens (including phenoxy) is 1. The predicted octanol–water partition coefficient (Wildman–Crippen LogP) is 0.523. The summed E-state index contributed by atoms with van der Waals surface area (Å²) in [6, 6.07) is 9.58. The Morgan fingerprint density at radius 2 is 2.25 bits per heavy atom. The first-order valence-corrected chi connectivity index (χ1v) is 7.13. The Morgan fingerprint density at radius 3 is 2.95 bits per heavy atom. The van der Waals surface area contributed by atoms with Gasteiger partial charge in [-0.3, -0.25) is 9.69 Å². The van der Waals surface area contributed by atoms with Crippen LogP contribution in [0, 0.1) is 0 Å². The minimum absolute atomic E-state index is 0.0745. The minimum atomic E-state index is -0.383. The molecule has 3 N–H and O–H groups in total. The lowest BCUT2D eigenvalue weighted by Crippen LogP contribution is -2.50. The van der Waals surface area contributed by atoms with E-state index in [1.807, 2.05) is 30.3 Å². The van der Waals surface area contributed by atoms with E-state index in [2.05, 4.69) is 17.1 Å². The van der Waals surface area contributed by atoms with Crippen LogP contribution in [0.5, 0.6) is 0 Å². The van der Waals surface area contributed by atoms with E-state index in [4.69, 9.17) is 10.5 Å². The third-order valence-electron chi connectivity index (χ3n) is 3.61. The van der Waals surface area contributed by atoms with E-state index < -0.39 is 0 Å². The molecule has 1 aromatic carbocycles. The zero-order chi connectivity index (χ0) is 14.4. The molecule has 1 fully saturated rings. The summed E-state index contributed by atoms with van der Waals surface area (Å²) in [6.07, 6.45) is -0.383. The van der Waals surface area contributed by atoms with E-state index in [-0.39, 0.29) is 18.1 Å². The van der Waals surface area contributed by atoms with Crippen LogP contribution in [0.25, 0.3) is 0 Å². The van der Waals surface area contributed by atoms with E-state index in [1.165, 1.54) is 0 Å². The van der Waals surface area contributed by atoms with Gasteiger partial charge in [0.15, 0.2) is 0 Å². The number of carbonyl (C=O) groups excluding carboxylic acids is 1. The Kier molecular flexibility index (Phi) is 5.52. The zero-order valence-corrected chi connectivity index (χ0v) is 11.9. The van der Waals surface area contributed by atoms with Crippen molar-refractivity contribution in [2.24, 2.45) is 5.73 Å². The zero-order valence-electron chi connectivity index (χ0n) is 11.9. The van der Waals surface area contributed by atoms with Crippen LogP contribution in [0.4, 0.5) is 0 Å². The maximum absolute atomic E-state index is 12.1. The predicted molar refractivity (Wildman–Crippen MR) is 78.2 cm³/mol. The molecule has 2 atom stereocenters. The molecule has 1 aliphatic rings. The molecule has 0 aromatic heterocycles. The van der Waals surface area contributed by atoms with E-state index >= 15 is 0 Å². The number of benzene rings is 1. The number of rotatable bonds is 5. The Morgan fingerprint density at radius 1 is 1.50 bits per heavy atom. The van der Waals surface area contributed by atoms with Gasteiger partial charge in [0.2, 0.25) is 0 Å². The maximum atomic E-state index is 12.1. The molecule has 0 radical (unpaired) electrons. The highest BCUT2D eigenvalue weighted by molar-refractivity contribution is 5.81. The van der Waals surface area contributed by atoms with Gasteiger partial charge in [0.05, 0.1) is 6.61 Å². The summed E-state index contributed by atoms with van der Waals surface area (Å²) in [6.45, 7) is 5.61.